The van der Waals surface area contributed by atoms with E-state index in [1.807, 2.05) is 0 Å². The third-order valence-electron chi connectivity index (χ3n) is 4.57. The second kappa shape index (κ2) is 7.79. The molecule has 1 aromatic carbocycles. The lowest BCUT2D eigenvalue weighted by molar-refractivity contribution is -0.139. The predicted molar refractivity (Wildman–Crippen MR) is 107 cm³/mol. The molecule has 2 aliphatic heterocycles. The molecule has 0 saturated heterocycles. The predicted octanol–water partition coefficient (Wildman–Crippen LogP) is 2.15. The number of ether oxygens (including phenoxy) is 2. The smallest absolute Gasteiger partial charge is 0.374 e. The van der Waals surface area contributed by atoms with Gasteiger partial charge in [-0.1, -0.05) is 18.2 Å². The van der Waals surface area contributed by atoms with Crippen LogP contribution < -0.4 is 0 Å². The summed E-state index contributed by atoms with van der Waals surface area (Å²) in [6, 6.07) is 7.03. The lowest BCUT2D eigenvalue weighted by Crippen LogP contribution is -2.37. The first-order valence-electron chi connectivity index (χ1n) is 9.22. The number of sulfonamides is 1. The van der Waals surface area contributed by atoms with Gasteiger partial charge in [0.25, 0.3) is 10.0 Å². The SMILES string of the molecule is CCOC(=O)c1oc2ccccc2c1COC(=O)C1=CN2CCS(=O)(=O)N=C2C=C1. The van der Waals surface area contributed by atoms with E-state index in [2.05, 4.69) is 4.40 Å². The molecule has 4 rings (SSSR count). The highest BCUT2D eigenvalue weighted by Gasteiger charge is 2.27. The van der Waals surface area contributed by atoms with E-state index in [1.54, 1.807) is 36.1 Å². The minimum atomic E-state index is -3.47. The lowest BCUT2D eigenvalue weighted by atomic mass is 10.1. The topological polar surface area (TPSA) is 115 Å². The molecule has 0 N–H and O–H groups in total. The molecule has 0 aliphatic carbocycles. The maximum Gasteiger partial charge on any atom is 0.374 e. The number of esters is 2. The van der Waals surface area contributed by atoms with Gasteiger partial charge in [-0.05, 0) is 25.1 Å². The number of carbonyl (C=O) groups excluding carboxylic acids is 2. The van der Waals surface area contributed by atoms with Gasteiger partial charge in [0.2, 0.25) is 5.76 Å². The van der Waals surface area contributed by atoms with Crippen LogP contribution in [0.25, 0.3) is 11.0 Å². The molecule has 0 saturated carbocycles. The van der Waals surface area contributed by atoms with Gasteiger partial charge in [0.15, 0.2) is 0 Å². The van der Waals surface area contributed by atoms with Gasteiger partial charge in [-0.15, -0.1) is 4.40 Å². The fourth-order valence-corrected chi connectivity index (χ4v) is 4.12. The Bertz CT molecular complexity index is 1220. The molecule has 2 aromatic rings. The van der Waals surface area contributed by atoms with E-state index >= 15 is 0 Å². The fraction of sp³-hybridized carbons (Fsp3) is 0.250. The zero-order valence-electron chi connectivity index (χ0n) is 16.0. The summed E-state index contributed by atoms with van der Waals surface area (Å²) in [6.45, 7) is 1.87. The van der Waals surface area contributed by atoms with E-state index in [0.29, 0.717) is 16.5 Å². The van der Waals surface area contributed by atoms with Crippen LogP contribution in [0.4, 0.5) is 0 Å². The molecular formula is C20H18N2O7S. The molecule has 30 heavy (non-hydrogen) atoms. The molecule has 3 heterocycles. The van der Waals surface area contributed by atoms with Gasteiger partial charge >= 0.3 is 11.9 Å². The van der Waals surface area contributed by atoms with Crippen LogP contribution in [0.15, 0.2) is 57.0 Å². The monoisotopic (exact) mass is 430 g/mol. The number of nitrogens with zero attached hydrogens (tertiary/aromatic N) is 2. The second-order valence-electron chi connectivity index (χ2n) is 6.55. The summed E-state index contributed by atoms with van der Waals surface area (Å²) in [4.78, 5) is 26.4. The Labute approximate surface area is 172 Å². The average molecular weight is 430 g/mol. The second-order valence-corrected chi connectivity index (χ2v) is 8.30. The van der Waals surface area contributed by atoms with Crippen molar-refractivity contribution in [3.8, 4) is 0 Å². The number of fused-ring (bicyclic) bond motifs is 2. The minimum Gasteiger partial charge on any atom is -0.460 e. The number of benzene rings is 1. The van der Waals surface area contributed by atoms with E-state index in [-0.39, 0.29) is 42.7 Å². The van der Waals surface area contributed by atoms with Crippen molar-refractivity contribution in [2.75, 3.05) is 18.9 Å². The molecule has 0 unspecified atom stereocenters. The highest BCUT2D eigenvalue weighted by molar-refractivity contribution is 7.90. The maximum absolute atomic E-state index is 12.6. The van der Waals surface area contributed by atoms with Crippen molar-refractivity contribution in [3.05, 3.63) is 59.5 Å². The van der Waals surface area contributed by atoms with Crippen molar-refractivity contribution >= 4 is 38.8 Å². The van der Waals surface area contributed by atoms with Gasteiger partial charge in [0.05, 0.1) is 23.5 Å². The number of hydrogen-bond donors (Lipinski definition) is 0. The summed E-state index contributed by atoms with van der Waals surface area (Å²) in [5.74, 6) is -1.14. The summed E-state index contributed by atoms with van der Waals surface area (Å²) >= 11 is 0. The molecule has 156 valence electrons. The van der Waals surface area contributed by atoms with Gasteiger partial charge in [0, 0.05) is 18.1 Å². The summed E-state index contributed by atoms with van der Waals surface area (Å²) < 4.78 is 42.9. The number of para-hydroxylation sites is 1. The molecular weight excluding hydrogens is 412 g/mol. The normalized spacial score (nSPS) is 17.2. The van der Waals surface area contributed by atoms with Crippen molar-refractivity contribution < 1.29 is 31.9 Å². The van der Waals surface area contributed by atoms with Gasteiger partial charge in [-0.3, -0.25) is 0 Å². The number of furan rings is 1. The highest BCUT2D eigenvalue weighted by Crippen LogP contribution is 2.28. The van der Waals surface area contributed by atoms with Crippen LogP contribution in [0.1, 0.15) is 23.0 Å². The fourth-order valence-electron chi connectivity index (χ4n) is 3.15. The summed E-state index contributed by atoms with van der Waals surface area (Å²) in [6.07, 6.45) is 4.39. The summed E-state index contributed by atoms with van der Waals surface area (Å²) in [5, 5.41) is 0.650. The molecule has 0 atom stereocenters. The number of amidine groups is 1. The summed E-state index contributed by atoms with van der Waals surface area (Å²) in [7, 11) is -3.47. The van der Waals surface area contributed by atoms with Crippen molar-refractivity contribution in [2.45, 2.75) is 13.5 Å². The van der Waals surface area contributed by atoms with E-state index in [4.69, 9.17) is 13.9 Å². The average Bonchev–Trinajstić information content (AvgIpc) is 3.10. The highest BCUT2D eigenvalue weighted by atomic mass is 32.2. The Balaban J connectivity index is 1.54. The molecule has 9 nitrogen and oxygen atoms in total. The molecule has 2 aliphatic rings. The Kier molecular flexibility index (Phi) is 5.17. The number of rotatable bonds is 5. The summed E-state index contributed by atoms with van der Waals surface area (Å²) in [5.41, 5.74) is 1.14. The van der Waals surface area contributed by atoms with Crippen molar-refractivity contribution in [1.29, 1.82) is 0 Å². The zero-order valence-corrected chi connectivity index (χ0v) is 16.8. The van der Waals surface area contributed by atoms with E-state index in [0.717, 1.165) is 0 Å². The van der Waals surface area contributed by atoms with Crippen LogP contribution in [0.2, 0.25) is 0 Å². The van der Waals surface area contributed by atoms with Crippen LogP contribution in [-0.4, -0.2) is 50.0 Å². The van der Waals surface area contributed by atoms with Crippen LogP contribution >= 0.6 is 0 Å². The van der Waals surface area contributed by atoms with E-state index in [9.17, 15) is 18.0 Å². The molecule has 0 amide bonds. The quantitative estimate of drug-likeness (QED) is 0.663. The number of hydrogen-bond acceptors (Lipinski definition) is 8. The van der Waals surface area contributed by atoms with Crippen molar-refractivity contribution in [2.24, 2.45) is 4.40 Å². The molecule has 0 bridgehead atoms. The van der Waals surface area contributed by atoms with E-state index in [1.165, 1.54) is 18.4 Å². The first-order valence-corrected chi connectivity index (χ1v) is 10.8. The van der Waals surface area contributed by atoms with Gasteiger partial charge in [-0.25, -0.2) is 18.0 Å². The van der Waals surface area contributed by atoms with Crippen molar-refractivity contribution in [3.63, 3.8) is 0 Å². The third kappa shape index (κ3) is 3.86. The minimum absolute atomic E-state index is 0.00493. The first kappa shape index (κ1) is 19.9. The molecule has 10 heteroatoms. The maximum atomic E-state index is 12.6. The van der Waals surface area contributed by atoms with Crippen molar-refractivity contribution in [1.82, 2.24) is 4.90 Å². The van der Waals surface area contributed by atoms with Crippen LogP contribution in [0.5, 0.6) is 0 Å². The Hall–Kier alpha value is -3.40. The third-order valence-corrected chi connectivity index (χ3v) is 5.73. The van der Waals surface area contributed by atoms with Crippen LogP contribution in [0.3, 0.4) is 0 Å². The van der Waals surface area contributed by atoms with Crippen LogP contribution in [0, 0.1) is 0 Å². The standard InChI is InChI=1S/C20H18N2O7S/c1-2-27-20(24)18-15(14-5-3-4-6-16(14)29-18)12-28-19(23)13-7-8-17-21-30(25,26)10-9-22(17)11-13/h3-8,11H,2,9-10,12H2,1H3. The van der Waals surface area contributed by atoms with Gasteiger partial charge in [-0.2, -0.15) is 0 Å². The van der Waals surface area contributed by atoms with Crippen LogP contribution in [-0.2, 0) is 30.9 Å². The molecule has 0 spiro atoms. The Morgan fingerprint density at radius 3 is 2.77 bits per heavy atom. The molecule has 0 radical (unpaired) electrons. The Morgan fingerprint density at radius 1 is 1.17 bits per heavy atom. The molecule has 0 fully saturated rings. The number of carbonyl (C=O) groups is 2. The zero-order chi connectivity index (χ0) is 21.3. The van der Waals surface area contributed by atoms with E-state index < -0.39 is 22.0 Å². The largest absolute Gasteiger partial charge is 0.460 e. The lowest BCUT2D eigenvalue weighted by Gasteiger charge is -2.26. The Morgan fingerprint density at radius 2 is 1.97 bits per heavy atom. The van der Waals surface area contributed by atoms with Gasteiger partial charge < -0.3 is 18.8 Å². The molecule has 1 aromatic heterocycles. The first-order chi connectivity index (χ1) is 14.4. The van der Waals surface area contributed by atoms with Gasteiger partial charge in [0.1, 0.15) is 18.0 Å².